The second-order valence-corrected chi connectivity index (χ2v) is 11.8. The van der Waals surface area contributed by atoms with Crippen molar-refractivity contribution in [3.63, 3.8) is 0 Å². The summed E-state index contributed by atoms with van der Waals surface area (Å²) in [4.78, 5) is 25.0. The van der Waals surface area contributed by atoms with E-state index in [0.29, 0.717) is 11.6 Å². The quantitative estimate of drug-likeness (QED) is 0.253. The van der Waals surface area contributed by atoms with Gasteiger partial charge in [-0.05, 0) is 68.3 Å². The lowest BCUT2D eigenvalue weighted by Crippen LogP contribution is -2.45. The molecule has 3 rings (SSSR count). The third-order valence-electron chi connectivity index (χ3n) is 6.19. The maximum Gasteiger partial charge on any atom is 0.417 e. The molecule has 0 aliphatic carbocycles. The topological polar surface area (TPSA) is 114 Å². The lowest BCUT2D eigenvalue weighted by atomic mass is 10.0. The Balaban J connectivity index is 1.90. The lowest BCUT2D eigenvalue weighted by molar-refractivity contribution is -0.139. The molecular weight excluding hydrogens is 578 g/mol. The number of carbonyl (C=O) groups excluding carboxylic acids is 2. The molecule has 0 saturated carbocycles. The number of benzene rings is 3. The number of amides is 2. The fourth-order valence-corrected chi connectivity index (χ4v) is 5.67. The number of sulfonamides is 1. The van der Waals surface area contributed by atoms with Crippen LogP contribution in [0.5, 0.6) is 0 Å². The highest BCUT2D eigenvalue weighted by molar-refractivity contribution is 7.89. The zero-order valence-corrected chi connectivity index (χ0v) is 23.9. The van der Waals surface area contributed by atoms with Crippen molar-refractivity contribution < 1.29 is 40.3 Å². The van der Waals surface area contributed by atoms with E-state index < -0.39 is 55.9 Å². The first-order valence-corrected chi connectivity index (χ1v) is 14.2. The number of hydrogen-bond acceptors (Lipinski definition) is 5. The molecule has 13 heteroatoms. The summed E-state index contributed by atoms with van der Waals surface area (Å²) in [5.74, 6) is -2.12. The van der Waals surface area contributed by atoms with Crippen LogP contribution in [0.2, 0.25) is 0 Å². The number of carbonyl (C=O) groups is 2. The van der Waals surface area contributed by atoms with Gasteiger partial charge in [-0.15, -0.1) is 0 Å². The van der Waals surface area contributed by atoms with E-state index in [4.69, 9.17) is 4.74 Å². The van der Waals surface area contributed by atoms with Crippen LogP contribution in [0.4, 0.5) is 23.2 Å². The van der Waals surface area contributed by atoms with Crippen LogP contribution in [0.25, 0.3) is 0 Å². The first kappa shape index (κ1) is 32.7. The van der Waals surface area contributed by atoms with Gasteiger partial charge >= 0.3 is 6.18 Å². The van der Waals surface area contributed by atoms with E-state index in [1.807, 2.05) is 0 Å². The molecule has 0 aliphatic heterocycles. The summed E-state index contributed by atoms with van der Waals surface area (Å²) in [7, 11) is -3.22. The highest BCUT2D eigenvalue weighted by Gasteiger charge is 2.39. The van der Waals surface area contributed by atoms with Crippen LogP contribution in [0.15, 0.2) is 77.7 Å². The van der Waals surface area contributed by atoms with Gasteiger partial charge in [-0.25, -0.2) is 17.5 Å². The third kappa shape index (κ3) is 9.10. The molecule has 0 spiro atoms. The summed E-state index contributed by atoms with van der Waals surface area (Å²) < 4.78 is 88.7. The van der Waals surface area contributed by atoms with Crippen molar-refractivity contribution in [2.75, 3.05) is 19.0 Å². The normalized spacial score (nSPS) is 12.9. The second-order valence-electron chi connectivity index (χ2n) is 10.2. The van der Waals surface area contributed by atoms with Gasteiger partial charge in [-0.2, -0.15) is 13.2 Å². The van der Waals surface area contributed by atoms with Crippen LogP contribution in [-0.4, -0.2) is 45.5 Å². The lowest BCUT2D eigenvalue weighted by Gasteiger charge is -2.26. The van der Waals surface area contributed by atoms with E-state index in [9.17, 15) is 35.6 Å². The number of halogens is 4. The Labute approximate surface area is 241 Å². The number of ether oxygens (including phenoxy) is 1. The monoisotopic (exact) mass is 609 g/mol. The molecule has 2 amide bonds. The zero-order valence-electron chi connectivity index (χ0n) is 23.1. The highest BCUT2D eigenvalue weighted by atomic mass is 32.2. The van der Waals surface area contributed by atoms with Crippen LogP contribution in [0.1, 0.15) is 41.8 Å². The summed E-state index contributed by atoms with van der Waals surface area (Å²) in [5.41, 5.74) is -2.21. The van der Waals surface area contributed by atoms with Crippen LogP contribution in [0.3, 0.4) is 0 Å². The van der Waals surface area contributed by atoms with Gasteiger partial charge in [0.2, 0.25) is 15.9 Å². The fraction of sp³-hybridized carbons (Fsp3) is 0.310. The predicted molar refractivity (Wildman–Crippen MR) is 149 cm³/mol. The van der Waals surface area contributed by atoms with Gasteiger partial charge in [0.05, 0.1) is 10.5 Å². The third-order valence-corrected chi connectivity index (χ3v) is 7.95. The van der Waals surface area contributed by atoms with Crippen LogP contribution >= 0.6 is 0 Å². The molecule has 0 aliphatic rings. The van der Waals surface area contributed by atoms with Gasteiger partial charge < -0.3 is 15.4 Å². The number of methoxy groups -OCH3 is 1. The minimum atomic E-state index is -5.08. The Kier molecular flexibility index (Phi) is 10.5. The van der Waals surface area contributed by atoms with E-state index in [-0.39, 0.29) is 30.7 Å². The molecule has 0 bridgehead atoms. The molecule has 0 unspecified atom stereocenters. The van der Waals surface area contributed by atoms with Gasteiger partial charge in [0.1, 0.15) is 11.9 Å². The second kappa shape index (κ2) is 13.4. The van der Waals surface area contributed by atoms with Gasteiger partial charge in [0.15, 0.2) is 0 Å². The summed E-state index contributed by atoms with van der Waals surface area (Å²) in [6.45, 7) is 3.20. The Hall–Kier alpha value is -3.81. The molecule has 3 N–H and O–H groups in total. The molecule has 0 radical (unpaired) electrons. The smallest absolute Gasteiger partial charge is 0.385 e. The Morgan fingerprint density at radius 2 is 1.60 bits per heavy atom. The molecule has 1 atom stereocenters. The molecule has 0 aromatic heterocycles. The van der Waals surface area contributed by atoms with Crippen molar-refractivity contribution in [2.45, 2.75) is 49.3 Å². The van der Waals surface area contributed by atoms with Gasteiger partial charge in [-0.1, -0.05) is 30.3 Å². The van der Waals surface area contributed by atoms with E-state index in [1.165, 1.54) is 33.1 Å². The van der Waals surface area contributed by atoms with Crippen molar-refractivity contribution in [1.82, 2.24) is 10.0 Å². The minimum Gasteiger partial charge on any atom is -0.385 e. The van der Waals surface area contributed by atoms with Crippen molar-refractivity contribution in [2.24, 2.45) is 0 Å². The van der Waals surface area contributed by atoms with Crippen LogP contribution in [-0.2, 0) is 32.2 Å². The molecule has 42 heavy (non-hydrogen) atoms. The van der Waals surface area contributed by atoms with E-state index in [1.54, 1.807) is 30.3 Å². The summed E-state index contributed by atoms with van der Waals surface area (Å²) in [5, 5.41) is 4.88. The Morgan fingerprint density at radius 3 is 2.19 bits per heavy atom. The number of hydrogen-bond donors (Lipinski definition) is 3. The van der Waals surface area contributed by atoms with Gasteiger partial charge in [-0.3, -0.25) is 9.59 Å². The summed E-state index contributed by atoms with van der Waals surface area (Å²) in [6.07, 6.45) is -4.90. The first-order valence-electron chi connectivity index (χ1n) is 12.8. The largest absolute Gasteiger partial charge is 0.417 e. The standard InChI is InChI=1S/C29H31F4N3O5S/c1-28(2,15-16-41-3)36-42(39,40)25-14-13-22(18-23(25)29(31,32)33)34-27(38)24(17-19-7-5-4-6-8-19)35-26(37)20-9-11-21(30)12-10-20/h4-14,18,24,36H,15-17H2,1-3H3,(H,34,38)(H,35,37)/t24-/m0/s1. The molecule has 3 aromatic rings. The van der Waals surface area contributed by atoms with E-state index >= 15 is 0 Å². The van der Waals surface area contributed by atoms with E-state index in [2.05, 4.69) is 15.4 Å². The Bertz CT molecular complexity index is 1500. The average molecular weight is 610 g/mol. The zero-order chi connectivity index (χ0) is 31.1. The van der Waals surface area contributed by atoms with E-state index in [0.717, 1.165) is 24.3 Å². The molecular formula is C29H31F4N3O5S. The average Bonchev–Trinajstić information content (AvgIpc) is 2.91. The van der Waals surface area contributed by atoms with Gasteiger partial charge in [0, 0.05) is 36.9 Å². The maximum atomic E-state index is 14.1. The molecule has 0 heterocycles. The molecule has 0 saturated heterocycles. The number of rotatable bonds is 12. The van der Waals surface area contributed by atoms with Crippen molar-refractivity contribution in [3.8, 4) is 0 Å². The number of nitrogens with one attached hydrogen (secondary N) is 3. The SMILES string of the molecule is COCCC(C)(C)NS(=O)(=O)c1ccc(NC(=O)[C@H](Cc2ccccc2)NC(=O)c2ccc(F)cc2)cc1C(F)(F)F. The molecule has 226 valence electrons. The predicted octanol–water partition coefficient (Wildman–Crippen LogP) is 4.92. The summed E-state index contributed by atoms with van der Waals surface area (Å²) >= 11 is 0. The number of anilines is 1. The van der Waals surface area contributed by atoms with Gasteiger partial charge in [0.25, 0.3) is 5.91 Å². The first-order chi connectivity index (χ1) is 19.6. The highest BCUT2D eigenvalue weighted by Crippen LogP contribution is 2.36. The van der Waals surface area contributed by atoms with Crippen LogP contribution < -0.4 is 15.4 Å². The van der Waals surface area contributed by atoms with Crippen molar-refractivity contribution in [3.05, 3.63) is 95.3 Å². The minimum absolute atomic E-state index is 0.0152. The van der Waals surface area contributed by atoms with Crippen molar-refractivity contribution >= 4 is 27.5 Å². The molecule has 3 aromatic carbocycles. The molecule has 0 fully saturated rings. The van der Waals surface area contributed by atoms with Crippen LogP contribution in [0, 0.1) is 5.82 Å². The maximum absolute atomic E-state index is 14.1. The Morgan fingerprint density at radius 1 is 0.952 bits per heavy atom. The summed E-state index contributed by atoms with van der Waals surface area (Å²) in [6, 6.07) is 14.2. The fourth-order valence-electron chi connectivity index (χ4n) is 4.02. The van der Waals surface area contributed by atoms with Crippen molar-refractivity contribution in [1.29, 1.82) is 0 Å². The molecule has 8 nitrogen and oxygen atoms in total. The number of alkyl halides is 3.